The average Bonchev–Trinajstić information content (AvgIpc) is 3.29. The maximum absolute atomic E-state index is 12.4. The number of aromatic nitrogens is 3. The molecule has 0 aliphatic heterocycles. The molecule has 3 atom stereocenters. The predicted octanol–water partition coefficient (Wildman–Crippen LogP) is 1.59. The fourth-order valence-electron chi connectivity index (χ4n) is 3.35. The highest BCUT2D eigenvalue weighted by Crippen LogP contribution is 2.28. The minimum absolute atomic E-state index is 0.224. The number of aliphatic hydroxyl groups is 1. The van der Waals surface area contributed by atoms with E-state index in [4.69, 9.17) is 4.42 Å². The summed E-state index contributed by atoms with van der Waals surface area (Å²) in [4.78, 5) is 20.6. The molecule has 1 aliphatic rings. The number of hydrogen-bond donors (Lipinski definition) is 2. The molecule has 0 aromatic carbocycles. The van der Waals surface area contributed by atoms with Crippen molar-refractivity contribution >= 4 is 17.0 Å². The van der Waals surface area contributed by atoms with E-state index in [1.807, 2.05) is 10.8 Å². The van der Waals surface area contributed by atoms with Crippen LogP contribution >= 0.6 is 0 Å². The summed E-state index contributed by atoms with van der Waals surface area (Å²) in [5.74, 6) is 0.0897. The Balaban J connectivity index is 1.41. The number of fused-ring (bicyclic) bond motifs is 1. The fourth-order valence-corrected chi connectivity index (χ4v) is 3.35. The lowest BCUT2D eigenvalue weighted by molar-refractivity contribution is 0.0872. The molecule has 3 aromatic heterocycles. The Kier molecular flexibility index (Phi) is 3.78. The first kappa shape index (κ1) is 14.9. The highest BCUT2D eigenvalue weighted by Gasteiger charge is 2.34. The van der Waals surface area contributed by atoms with Crippen LogP contribution in [0.25, 0.3) is 11.1 Å². The predicted molar refractivity (Wildman–Crippen MR) is 86.2 cm³/mol. The molecule has 0 spiro atoms. The molecule has 1 aliphatic carbocycles. The summed E-state index contributed by atoms with van der Waals surface area (Å²) in [6, 6.07) is 3.27. The largest absolute Gasteiger partial charge is 0.446 e. The Morgan fingerprint density at radius 3 is 3.21 bits per heavy atom. The van der Waals surface area contributed by atoms with Crippen LogP contribution in [0.3, 0.4) is 0 Å². The van der Waals surface area contributed by atoms with Crippen LogP contribution in [-0.4, -0.2) is 37.7 Å². The second-order valence-electron chi connectivity index (χ2n) is 6.28. The number of amides is 1. The highest BCUT2D eigenvalue weighted by atomic mass is 16.3. The second-order valence-corrected chi connectivity index (χ2v) is 6.28. The summed E-state index contributed by atoms with van der Waals surface area (Å²) in [6.07, 6.45) is 9.33. The number of carbonyl (C=O) groups excluding carboxylic acids is 1. The zero-order chi connectivity index (χ0) is 16.5. The molecular weight excluding hydrogens is 308 g/mol. The van der Waals surface area contributed by atoms with Gasteiger partial charge in [0, 0.05) is 30.5 Å². The van der Waals surface area contributed by atoms with E-state index in [2.05, 4.69) is 15.3 Å². The Morgan fingerprint density at radius 2 is 2.38 bits per heavy atom. The molecule has 7 nitrogen and oxygen atoms in total. The third kappa shape index (κ3) is 2.90. The molecule has 0 saturated heterocycles. The summed E-state index contributed by atoms with van der Waals surface area (Å²) in [5, 5.41) is 14.0. The standard InChI is InChI=1S/C17H18N4O3/c22-15-6-11(9-21-3-2-18-10-21)5-14(15)20-16(23)13-7-12-1-4-24-17(12)19-8-13/h1-4,7-8,10-11,14-15,22H,5-6,9H2,(H,20,23)/t11?,14-,15-/m1/s1. The molecule has 0 bridgehead atoms. The van der Waals surface area contributed by atoms with Gasteiger partial charge in [-0.1, -0.05) is 0 Å². The van der Waals surface area contributed by atoms with Gasteiger partial charge in [0.2, 0.25) is 5.71 Å². The van der Waals surface area contributed by atoms with Gasteiger partial charge in [0.05, 0.1) is 30.3 Å². The molecule has 1 unspecified atom stereocenters. The molecule has 7 heteroatoms. The van der Waals surface area contributed by atoms with Crippen LogP contribution in [-0.2, 0) is 6.54 Å². The zero-order valence-corrected chi connectivity index (χ0v) is 13.0. The van der Waals surface area contributed by atoms with Gasteiger partial charge >= 0.3 is 0 Å². The molecule has 3 aromatic rings. The minimum Gasteiger partial charge on any atom is -0.446 e. The van der Waals surface area contributed by atoms with Crippen LogP contribution in [0.5, 0.6) is 0 Å². The van der Waals surface area contributed by atoms with Crippen LogP contribution in [0.2, 0.25) is 0 Å². The van der Waals surface area contributed by atoms with E-state index in [-0.39, 0.29) is 11.9 Å². The number of rotatable bonds is 4. The molecule has 4 rings (SSSR count). The molecular formula is C17H18N4O3. The van der Waals surface area contributed by atoms with Crippen molar-refractivity contribution in [2.75, 3.05) is 0 Å². The number of carbonyl (C=O) groups is 1. The van der Waals surface area contributed by atoms with Crippen LogP contribution < -0.4 is 5.32 Å². The van der Waals surface area contributed by atoms with E-state index in [0.717, 1.165) is 18.4 Å². The number of hydrogen-bond acceptors (Lipinski definition) is 5. The Morgan fingerprint density at radius 1 is 1.46 bits per heavy atom. The Hall–Kier alpha value is -2.67. The molecule has 24 heavy (non-hydrogen) atoms. The Labute approximate surface area is 138 Å². The highest BCUT2D eigenvalue weighted by molar-refractivity contribution is 5.96. The van der Waals surface area contributed by atoms with Crippen molar-refractivity contribution in [2.24, 2.45) is 5.92 Å². The van der Waals surface area contributed by atoms with Crippen molar-refractivity contribution in [3.8, 4) is 0 Å². The van der Waals surface area contributed by atoms with Gasteiger partial charge in [0.15, 0.2) is 0 Å². The molecule has 124 valence electrons. The van der Waals surface area contributed by atoms with E-state index in [9.17, 15) is 9.90 Å². The smallest absolute Gasteiger partial charge is 0.253 e. The summed E-state index contributed by atoms with van der Waals surface area (Å²) in [7, 11) is 0. The van der Waals surface area contributed by atoms with Crippen LogP contribution in [0.1, 0.15) is 23.2 Å². The number of imidazole rings is 1. The van der Waals surface area contributed by atoms with Crippen LogP contribution in [0.4, 0.5) is 0 Å². The molecule has 0 radical (unpaired) electrons. The maximum Gasteiger partial charge on any atom is 0.253 e. The Bertz CT molecular complexity index is 843. The van der Waals surface area contributed by atoms with Gasteiger partial charge < -0.3 is 19.4 Å². The van der Waals surface area contributed by atoms with E-state index in [1.165, 1.54) is 6.20 Å². The first-order valence-corrected chi connectivity index (χ1v) is 7.97. The summed E-state index contributed by atoms with van der Waals surface area (Å²) >= 11 is 0. The number of nitrogens with one attached hydrogen (secondary N) is 1. The summed E-state index contributed by atoms with van der Waals surface area (Å²) < 4.78 is 7.18. The topological polar surface area (TPSA) is 93.2 Å². The normalized spacial score (nSPS) is 23.6. The van der Waals surface area contributed by atoms with Gasteiger partial charge in [0.25, 0.3) is 5.91 Å². The fraction of sp³-hybridized carbons (Fsp3) is 0.353. The van der Waals surface area contributed by atoms with Crippen molar-refractivity contribution in [3.05, 3.63) is 48.9 Å². The SMILES string of the molecule is O=C(N[C@@H]1CC(Cn2ccnc2)C[C@H]1O)c1cnc2occc2c1. The molecule has 2 N–H and O–H groups in total. The van der Waals surface area contributed by atoms with Crippen molar-refractivity contribution in [3.63, 3.8) is 0 Å². The quantitative estimate of drug-likeness (QED) is 0.759. The number of aliphatic hydroxyl groups excluding tert-OH is 1. The molecule has 1 fully saturated rings. The zero-order valence-electron chi connectivity index (χ0n) is 13.0. The van der Waals surface area contributed by atoms with Crippen LogP contribution in [0.15, 0.2) is 47.7 Å². The monoisotopic (exact) mass is 326 g/mol. The van der Waals surface area contributed by atoms with E-state index >= 15 is 0 Å². The third-order valence-electron chi connectivity index (χ3n) is 4.54. The van der Waals surface area contributed by atoms with Gasteiger partial charge in [-0.05, 0) is 30.9 Å². The average molecular weight is 326 g/mol. The molecule has 1 saturated carbocycles. The van der Waals surface area contributed by atoms with Gasteiger partial charge in [-0.3, -0.25) is 4.79 Å². The van der Waals surface area contributed by atoms with Crippen molar-refractivity contribution < 1.29 is 14.3 Å². The van der Waals surface area contributed by atoms with Crippen molar-refractivity contribution in [1.29, 1.82) is 0 Å². The van der Waals surface area contributed by atoms with E-state index in [0.29, 0.717) is 23.6 Å². The third-order valence-corrected chi connectivity index (χ3v) is 4.54. The second kappa shape index (κ2) is 6.09. The number of pyridine rings is 1. The van der Waals surface area contributed by atoms with Gasteiger partial charge in [0.1, 0.15) is 0 Å². The van der Waals surface area contributed by atoms with Crippen LogP contribution in [0, 0.1) is 5.92 Å². The number of furan rings is 1. The van der Waals surface area contributed by atoms with Gasteiger partial charge in [-0.2, -0.15) is 0 Å². The lowest BCUT2D eigenvalue weighted by Crippen LogP contribution is -2.39. The van der Waals surface area contributed by atoms with Gasteiger partial charge in [-0.25, -0.2) is 9.97 Å². The number of nitrogens with zero attached hydrogens (tertiary/aromatic N) is 3. The first-order chi connectivity index (χ1) is 11.7. The summed E-state index contributed by atoms with van der Waals surface area (Å²) in [5.41, 5.74) is 0.974. The van der Waals surface area contributed by atoms with Crippen molar-refractivity contribution in [2.45, 2.75) is 31.5 Å². The first-order valence-electron chi connectivity index (χ1n) is 7.97. The van der Waals surface area contributed by atoms with E-state index < -0.39 is 6.10 Å². The maximum atomic E-state index is 12.4. The summed E-state index contributed by atoms with van der Waals surface area (Å²) in [6.45, 7) is 0.798. The van der Waals surface area contributed by atoms with Crippen molar-refractivity contribution in [1.82, 2.24) is 19.9 Å². The lowest BCUT2D eigenvalue weighted by atomic mass is 10.1. The molecule has 3 heterocycles. The van der Waals surface area contributed by atoms with Gasteiger partial charge in [-0.15, -0.1) is 0 Å². The van der Waals surface area contributed by atoms with E-state index in [1.54, 1.807) is 30.9 Å². The molecule has 1 amide bonds. The minimum atomic E-state index is -0.534. The lowest BCUT2D eigenvalue weighted by Gasteiger charge is -2.16.